The third-order valence-electron chi connectivity index (χ3n) is 2.85. The van der Waals surface area contributed by atoms with E-state index in [1.165, 1.54) is 0 Å². The highest BCUT2D eigenvalue weighted by Crippen LogP contribution is 2.20. The number of benzene rings is 1. The van der Waals surface area contributed by atoms with E-state index in [4.69, 9.17) is 17.3 Å². The van der Waals surface area contributed by atoms with E-state index in [1.807, 2.05) is 35.1 Å². The summed E-state index contributed by atoms with van der Waals surface area (Å²) >= 11 is 6.10. The number of aromatic nitrogens is 3. The van der Waals surface area contributed by atoms with Crippen molar-refractivity contribution >= 4 is 28.2 Å². The van der Waals surface area contributed by atoms with E-state index in [1.54, 1.807) is 12.4 Å². The molecule has 4 nitrogen and oxygen atoms in total. The Labute approximate surface area is 109 Å². The van der Waals surface area contributed by atoms with E-state index in [-0.39, 0.29) is 0 Å². The summed E-state index contributed by atoms with van der Waals surface area (Å²) in [4.78, 5) is 3.97. The molecule has 0 saturated carbocycles. The van der Waals surface area contributed by atoms with Crippen molar-refractivity contribution in [2.75, 3.05) is 5.73 Å². The third kappa shape index (κ3) is 1.91. The van der Waals surface area contributed by atoms with Crippen molar-refractivity contribution in [1.82, 2.24) is 14.8 Å². The summed E-state index contributed by atoms with van der Waals surface area (Å²) in [5.41, 5.74) is 8.51. The number of anilines is 1. The fraction of sp³-hybridized carbons (Fsp3) is 0.0769. The Morgan fingerprint density at radius 2 is 2.11 bits per heavy atom. The van der Waals surface area contributed by atoms with Crippen LogP contribution in [0.1, 0.15) is 5.56 Å². The van der Waals surface area contributed by atoms with Crippen LogP contribution in [0.15, 0.2) is 42.9 Å². The number of fused-ring (bicyclic) bond motifs is 1. The van der Waals surface area contributed by atoms with Gasteiger partial charge in [-0.25, -0.2) is 0 Å². The van der Waals surface area contributed by atoms with Crippen LogP contribution in [0.25, 0.3) is 10.9 Å². The molecule has 0 atom stereocenters. The summed E-state index contributed by atoms with van der Waals surface area (Å²) < 4.78 is 1.88. The largest absolute Gasteiger partial charge is 0.399 e. The Morgan fingerprint density at radius 3 is 2.94 bits per heavy atom. The van der Waals surface area contributed by atoms with Crippen LogP contribution in [-0.2, 0) is 6.54 Å². The third-order valence-corrected chi connectivity index (χ3v) is 3.19. The first-order chi connectivity index (χ1) is 8.74. The lowest BCUT2D eigenvalue weighted by molar-refractivity contribution is 0.711. The Balaban J connectivity index is 2.05. The van der Waals surface area contributed by atoms with Gasteiger partial charge in [0.2, 0.25) is 0 Å². The monoisotopic (exact) mass is 258 g/mol. The molecule has 3 rings (SSSR count). The molecule has 2 aromatic heterocycles. The number of nitrogens with two attached hydrogens (primary N) is 1. The van der Waals surface area contributed by atoms with Crippen LogP contribution in [0.4, 0.5) is 5.69 Å². The van der Waals surface area contributed by atoms with Crippen molar-refractivity contribution in [3.8, 4) is 0 Å². The molecule has 0 aliphatic carbocycles. The first-order valence-electron chi connectivity index (χ1n) is 5.53. The average molecular weight is 259 g/mol. The molecular weight excluding hydrogens is 248 g/mol. The maximum absolute atomic E-state index is 6.10. The van der Waals surface area contributed by atoms with Gasteiger partial charge in [-0.3, -0.25) is 9.67 Å². The summed E-state index contributed by atoms with van der Waals surface area (Å²) in [6, 6.07) is 7.63. The summed E-state index contributed by atoms with van der Waals surface area (Å²) in [6.45, 7) is 0.605. The van der Waals surface area contributed by atoms with E-state index >= 15 is 0 Å². The molecule has 0 saturated heterocycles. The summed E-state index contributed by atoms with van der Waals surface area (Å²) in [6.07, 6.45) is 5.18. The summed E-state index contributed by atoms with van der Waals surface area (Å²) in [5.74, 6) is 0. The zero-order valence-corrected chi connectivity index (χ0v) is 10.3. The Bertz CT molecular complexity index is 705. The smallest absolute Gasteiger partial charge is 0.0706 e. The number of hydrogen-bond acceptors (Lipinski definition) is 3. The molecule has 1 aromatic carbocycles. The molecule has 0 bridgehead atoms. The van der Waals surface area contributed by atoms with E-state index in [2.05, 4.69) is 10.1 Å². The topological polar surface area (TPSA) is 56.7 Å². The second kappa shape index (κ2) is 4.31. The van der Waals surface area contributed by atoms with Crippen molar-refractivity contribution in [3.05, 3.63) is 53.4 Å². The van der Waals surface area contributed by atoms with E-state index < -0.39 is 0 Å². The average Bonchev–Trinajstić information content (AvgIpc) is 2.75. The Hall–Kier alpha value is -2.07. The lowest BCUT2D eigenvalue weighted by atomic mass is 10.2. The Kier molecular flexibility index (Phi) is 2.64. The minimum atomic E-state index is 0.605. The zero-order chi connectivity index (χ0) is 12.5. The number of nitrogens with zero attached hydrogens (tertiary/aromatic N) is 3. The van der Waals surface area contributed by atoms with Gasteiger partial charge in [0.15, 0.2) is 0 Å². The predicted molar refractivity (Wildman–Crippen MR) is 72.5 cm³/mol. The number of pyridine rings is 1. The summed E-state index contributed by atoms with van der Waals surface area (Å²) in [7, 11) is 0. The van der Waals surface area contributed by atoms with Crippen molar-refractivity contribution in [3.63, 3.8) is 0 Å². The number of hydrogen-bond donors (Lipinski definition) is 1. The van der Waals surface area contributed by atoms with Gasteiger partial charge < -0.3 is 5.73 Å². The molecular formula is C13H11ClN4. The second-order valence-electron chi connectivity index (χ2n) is 4.09. The molecule has 5 heteroatoms. The normalized spacial score (nSPS) is 10.9. The van der Waals surface area contributed by atoms with Crippen molar-refractivity contribution in [2.45, 2.75) is 6.54 Å². The highest BCUT2D eigenvalue weighted by Gasteiger charge is 2.06. The van der Waals surface area contributed by atoms with Crippen LogP contribution < -0.4 is 5.73 Å². The molecule has 0 amide bonds. The van der Waals surface area contributed by atoms with Gasteiger partial charge in [0.1, 0.15) is 0 Å². The van der Waals surface area contributed by atoms with Gasteiger partial charge in [-0.15, -0.1) is 0 Å². The van der Waals surface area contributed by atoms with Gasteiger partial charge in [-0.05, 0) is 29.8 Å². The van der Waals surface area contributed by atoms with Crippen molar-refractivity contribution in [2.24, 2.45) is 0 Å². The molecule has 2 heterocycles. The van der Waals surface area contributed by atoms with Gasteiger partial charge in [0, 0.05) is 23.5 Å². The number of halogens is 1. The second-order valence-corrected chi connectivity index (χ2v) is 4.49. The highest BCUT2D eigenvalue weighted by atomic mass is 35.5. The fourth-order valence-corrected chi connectivity index (χ4v) is 2.09. The lowest BCUT2D eigenvalue weighted by Crippen LogP contribution is -2.02. The molecule has 0 spiro atoms. The lowest BCUT2D eigenvalue weighted by Gasteiger charge is -2.05. The molecule has 2 N–H and O–H groups in total. The molecule has 3 aromatic rings. The van der Waals surface area contributed by atoms with Crippen LogP contribution in [0, 0.1) is 0 Å². The van der Waals surface area contributed by atoms with Gasteiger partial charge in [0.25, 0.3) is 0 Å². The van der Waals surface area contributed by atoms with Gasteiger partial charge in [-0.2, -0.15) is 5.10 Å². The first kappa shape index (κ1) is 11.0. The molecule has 0 aliphatic rings. The fourth-order valence-electron chi connectivity index (χ4n) is 1.91. The van der Waals surface area contributed by atoms with Gasteiger partial charge >= 0.3 is 0 Å². The van der Waals surface area contributed by atoms with Crippen LogP contribution in [-0.4, -0.2) is 14.8 Å². The quantitative estimate of drug-likeness (QED) is 0.719. The maximum atomic E-state index is 6.10. The molecule has 0 unspecified atom stereocenters. The molecule has 18 heavy (non-hydrogen) atoms. The molecule has 0 radical (unpaired) electrons. The predicted octanol–water partition coefficient (Wildman–Crippen LogP) is 2.72. The van der Waals surface area contributed by atoms with Gasteiger partial charge in [0.05, 0.1) is 23.3 Å². The van der Waals surface area contributed by atoms with Crippen LogP contribution in [0.2, 0.25) is 5.02 Å². The highest BCUT2D eigenvalue weighted by molar-refractivity contribution is 6.31. The molecule has 0 aliphatic heterocycles. The summed E-state index contributed by atoms with van der Waals surface area (Å²) in [5, 5.41) is 6.06. The zero-order valence-electron chi connectivity index (χ0n) is 9.55. The van der Waals surface area contributed by atoms with Crippen molar-refractivity contribution in [1.29, 1.82) is 0 Å². The molecule has 90 valence electrons. The SMILES string of the molecule is Nc1ccc2cnn(Cc3ccncc3Cl)c2c1. The van der Waals surface area contributed by atoms with Crippen LogP contribution in [0.5, 0.6) is 0 Å². The van der Waals surface area contributed by atoms with Crippen LogP contribution >= 0.6 is 11.6 Å². The Morgan fingerprint density at radius 1 is 1.22 bits per heavy atom. The van der Waals surface area contributed by atoms with Crippen LogP contribution in [0.3, 0.4) is 0 Å². The minimum absolute atomic E-state index is 0.605. The van der Waals surface area contributed by atoms with Crippen molar-refractivity contribution < 1.29 is 0 Å². The maximum Gasteiger partial charge on any atom is 0.0706 e. The standard InChI is InChI=1S/C13H11ClN4/c14-12-7-16-4-3-10(12)8-18-13-5-11(15)2-1-9(13)6-17-18/h1-7H,8,15H2. The van der Waals surface area contributed by atoms with Gasteiger partial charge in [-0.1, -0.05) is 11.6 Å². The van der Waals surface area contributed by atoms with E-state index in [0.29, 0.717) is 11.6 Å². The first-order valence-corrected chi connectivity index (χ1v) is 5.91. The number of rotatable bonds is 2. The van der Waals surface area contributed by atoms with E-state index in [9.17, 15) is 0 Å². The minimum Gasteiger partial charge on any atom is -0.399 e. The van der Waals surface area contributed by atoms with E-state index in [0.717, 1.165) is 22.2 Å². The number of nitrogen functional groups attached to an aromatic ring is 1. The molecule has 0 fully saturated rings.